The van der Waals surface area contributed by atoms with E-state index in [1.807, 2.05) is 45.2 Å². The predicted molar refractivity (Wildman–Crippen MR) is 80.4 cm³/mol. The Balaban J connectivity index is 2.38. The van der Waals surface area contributed by atoms with E-state index in [4.69, 9.17) is 0 Å². The summed E-state index contributed by atoms with van der Waals surface area (Å²) in [6.45, 7) is 8.01. The van der Waals surface area contributed by atoms with Gasteiger partial charge in [0.15, 0.2) is 0 Å². The van der Waals surface area contributed by atoms with Gasteiger partial charge in [-0.25, -0.2) is 0 Å². The van der Waals surface area contributed by atoms with E-state index in [0.717, 1.165) is 4.88 Å². The Bertz CT molecular complexity index is 504. The van der Waals surface area contributed by atoms with Crippen molar-refractivity contribution in [1.29, 1.82) is 0 Å². The first kappa shape index (κ1) is 15.0. The van der Waals surface area contributed by atoms with Crippen LogP contribution in [0.3, 0.4) is 0 Å². The molecule has 0 bridgehead atoms. The van der Waals surface area contributed by atoms with Gasteiger partial charge < -0.3 is 10.2 Å². The molecule has 1 aromatic heterocycles. The molecule has 0 unspecified atom stereocenters. The molecule has 4 nitrogen and oxygen atoms in total. The van der Waals surface area contributed by atoms with E-state index in [9.17, 15) is 9.59 Å². The smallest absolute Gasteiger partial charge is 0.249 e. The number of rotatable bonds is 4. The molecule has 0 atom stereocenters. The fraction of sp³-hybridized carbons (Fsp3) is 0.600. The van der Waals surface area contributed by atoms with Crippen molar-refractivity contribution in [3.05, 3.63) is 22.4 Å². The first-order valence-corrected chi connectivity index (χ1v) is 7.92. The van der Waals surface area contributed by atoms with Crippen molar-refractivity contribution in [1.82, 2.24) is 10.2 Å². The lowest BCUT2D eigenvalue weighted by Gasteiger charge is -2.49. The van der Waals surface area contributed by atoms with Crippen molar-refractivity contribution in [2.45, 2.75) is 58.2 Å². The number of thiophene rings is 1. The third-order valence-corrected chi connectivity index (χ3v) is 5.20. The van der Waals surface area contributed by atoms with E-state index in [-0.39, 0.29) is 11.8 Å². The second-order valence-electron chi connectivity index (χ2n) is 5.77. The number of piperazine rings is 1. The summed E-state index contributed by atoms with van der Waals surface area (Å²) in [5.74, 6) is -0.0437. The van der Waals surface area contributed by atoms with Gasteiger partial charge in [-0.05, 0) is 38.1 Å². The Kier molecular flexibility index (Phi) is 3.91. The third-order valence-electron chi connectivity index (χ3n) is 4.34. The predicted octanol–water partition coefficient (Wildman–Crippen LogP) is 2.54. The summed E-state index contributed by atoms with van der Waals surface area (Å²) >= 11 is 1.61. The maximum Gasteiger partial charge on any atom is 0.249 e. The van der Waals surface area contributed by atoms with Crippen molar-refractivity contribution in [3.8, 4) is 0 Å². The molecule has 0 radical (unpaired) electrons. The molecular formula is C15H22N2O2S. The average molecular weight is 294 g/mol. The minimum atomic E-state index is -0.811. The minimum absolute atomic E-state index is 0.0282. The largest absolute Gasteiger partial charge is 0.340 e. The van der Waals surface area contributed by atoms with Crippen LogP contribution in [-0.2, 0) is 16.1 Å². The Hall–Kier alpha value is -1.36. The lowest BCUT2D eigenvalue weighted by molar-refractivity contribution is -0.162. The van der Waals surface area contributed by atoms with E-state index in [0.29, 0.717) is 19.4 Å². The molecule has 1 N–H and O–H groups in total. The SMILES string of the molecule is CCC1(CC)NC(=O)C(C)(C)N(Cc2cccs2)C1=O. The van der Waals surface area contributed by atoms with Crippen molar-refractivity contribution in [2.75, 3.05) is 0 Å². The quantitative estimate of drug-likeness (QED) is 0.927. The van der Waals surface area contributed by atoms with Gasteiger partial charge >= 0.3 is 0 Å². The molecule has 20 heavy (non-hydrogen) atoms. The lowest BCUT2D eigenvalue weighted by Crippen LogP contribution is -2.73. The van der Waals surface area contributed by atoms with E-state index in [1.165, 1.54) is 0 Å². The Morgan fingerprint density at radius 1 is 1.25 bits per heavy atom. The van der Waals surface area contributed by atoms with Gasteiger partial charge in [-0.1, -0.05) is 19.9 Å². The summed E-state index contributed by atoms with van der Waals surface area (Å²) in [7, 11) is 0. The summed E-state index contributed by atoms with van der Waals surface area (Å²) in [4.78, 5) is 28.2. The zero-order valence-corrected chi connectivity index (χ0v) is 13.3. The van der Waals surface area contributed by atoms with E-state index in [2.05, 4.69) is 5.32 Å². The van der Waals surface area contributed by atoms with Gasteiger partial charge in [0, 0.05) is 4.88 Å². The number of nitrogens with zero attached hydrogens (tertiary/aromatic N) is 1. The van der Waals surface area contributed by atoms with Gasteiger partial charge in [0.25, 0.3) is 0 Å². The first-order chi connectivity index (χ1) is 9.37. The molecule has 0 saturated carbocycles. The molecule has 1 aliphatic heterocycles. The number of carbonyl (C=O) groups excluding carboxylic acids is 2. The van der Waals surface area contributed by atoms with Crippen LogP contribution in [0.2, 0.25) is 0 Å². The molecule has 1 saturated heterocycles. The second-order valence-corrected chi connectivity index (χ2v) is 6.81. The first-order valence-electron chi connectivity index (χ1n) is 7.04. The summed E-state index contributed by atoms with van der Waals surface area (Å²) < 4.78 is 0. The lowest BCUT2D eigenvalue weighted by atomic mass is 9.83. The summed E-state index contributed by atoms with van der Waals surface area (Å²) in [6.07, 6.45) is 1.23. The van der Waals surface area contributed by atoms with Crippen LogP contribution in [0.5, 0.6) is 0 Å². The standard InChI is InChI=1S/C15H22N2O2S/c1-5-15(6-2)13(19)17(10-11-8-7-9-20-11)14(3,4)12(18)16-15/h7-9H,5-6,10H2,1-4H3,(H,16,18). The highest BCUT2D eigenvalue weighted by Gasteiger charge is 2.52. The van der Waals surface area contributed by atoms with Crippen LogP contribution < -0.4 is 5.32 Å². The second kappa shape index (κ2) is 5.20. The molecule has 5 heteroatoms. The molecule has 1 aliphatic rings. The van der Waals surface area contributed by atoms with Crippen LogP contribution in [0.4, 0.5) is 0 Å². The van der Waals surface area contributed by atoms with Crippen molar-refractivity contribution < 1.29 is 9.59 Å². The minimum Gasteiger partial charge on any atom is -0.340 e. The van der Waals surface area contributed by atoms with E-state index >= 15 is 0 Å². The van der Waals surface area contributed by atoms with E-state index in [1.54, 1.807) is 16.2 Å². The highest BCUT2D eigenvalue weighted by Crippen LogP contribution is 2.32. The average Bonchev–Trinajstić information content (AvgIpc) is 2.92. The van der Waals surface area contributed by atoms with Crippen LogP contribution >= 0.6 is 11.3 Å². The molecule has 2 rings (SSSR count). The van der Waals surface area contributed by atoms with Gasteiger partial charge in [-0.3, -0.25) is 9.59 Å². The van der Waals surface area contributed by atoms with Crippen molar-refractivity contribution in [3.63, 3.8) is 0 Å². The highest BCUT2D eigenvalue weighted by atomic mass is 32.1. The molecule has 1 aromatic rings. The fourth-order valence-corrected chi connectivity index (χ4v) is 3.31. The number of nitrogens with one attached hydrogen (secondary N) is 1. The Morgan fingerprint density at radius 3 is 2.40 bits per heavy atom. The third kappa shape index (κ3) is 2.24. The highest BCUT2D eigenvalue weighted by molar-refractivity contribution is 7.09. The summed E-state index contributed by atoms with van der Waals surface area (Å²) in [6, 6.07) is 3.97. The Morgan fingerprint density at radius 2 is 1.90 bits per heavy atom. The monoisotopic (exact) mass is 294 g/mol. The zero-order chi connectivity index (χ0) is 15.0. The topological polar surface area (TPSA) is 49.4 Å². The number of carbonyl (C=O) groups is 2. The summed E-state index contributed by atoms with van der Waals surface area (Å²) in [5.41, 5.74) is -1.56. The van der Waals surface area contributed by atoms with Gasteiger partial charge in [0.1, 0.15) is 11.1 Å². The molecule has 0 aromatic carbocycles. The maximum absolute atomic E-state index is 12.9. The molecule has 0 spiro atoms. The van der Waals surface area contributed by atoms with Crippen molar-refractivity contribution >= 4 is 23.2 Å². The van der Waals surface area contributed by atoms with Crippen LogP contribution in [0.15, 0.2) is 17.5 Å². The van der Waals surface area contributed by atoms with Gasteiger partial charge in [-0.2, -0.15) is 0 Å². The number of hydrogen-bond donors (Lipinski definition) is 1. The molecule has 0 aliphatic carbocycles. The number of hydrogen-bond acceptors (Lipinski definition) is 3. The number of amides is 2. The van der Waals surface area contributed by atoms with Gasteiger partial charge in [0.2, 0.25) is 11.8 Å². The zero-order valence-electron chi connectivity index (χ0n) is 12.5. The van der Waals surface area contributed by atoms with Gasteiger partial charge in [0.05, 0.1) is 6.54 Å². The van der Waals surface area contributed by atoms with Crippen molar-refractivity contribution in [2.24, 2.45) is 0 Å². The molecular weight excluding hydrogens is 272 g/mol. The summed E-state index contributed by atoms with van der Waals surface area (Å²) in [5, 5.41) is 4.94. The normalized spacial score (nSPS) is 20.9. The van der Waals surface area contributed by atoms with Crippen LogP contribution in [0, 0.1) is 0 Å². The van der Waals surface area contributed by atoms with Crippen LogP contribution in [0.1, 0.15) is 45.4 Å². The van der Waals surface area contributed by atoms with Crippen LogP contribution in [-0.4, -0.2) is 27.8 Å². The molecule has 2 amide bonds. The van der Waals surface area contributed by atoms with E-state index < -0.39 is 11.1 Å². The van der Waals surface area contributed by atoms with Gasteiger partial charge in [-0.15, -0.1) is 11.3 Å². The van der Waals surface area contributed by atoms with Crippen LogP contribution in [0.25, 0.3) is 0 Å². The fourth-order valence-electron chi connectivity index (χ4n) is 2.62. The molecule has 1 fully saturated rings. The molecule has 2 heterocycles. The Labute approximate surface area is 124 Å². The maximum atomic E-state index is 12.9. The molecule has 110 valence electrons.